The van der Waals surface area contributed by atoms with E-state index in [2.05, 4.69) is 0 Å². The second kappa shape index (κ2) is 11.6. The quantitative estimate of drug-likeness (QED) is 0.351. The Labute approximate surface area is 176 Å². The number of Topliss-reactive ketones (excluding diaryl/α,β-unsaturated/α-hetero) is 2. The topological polar surface area (TPSA) is 94.8 Å². The number of carbonyl (C=O) groups is 2. The van der Waals surface area contributed by atoms with Crippen LogP contribution < -0.4 is 0 Å². The predicted molar refractivity (Wildman–Crippen MR) is 108 cm³/mol. The van der Waals surface area contributed by atoms with Crippen LogP contribution in [0.4, 0.5) is 8.78 Å². The van der Waals surface area contributed by atoms with Gasteiger partial charge in [-0.25, -0.2) is 8.78 Å². The molecule has 2 rings (SSSR count). The summed E-state index contributed by atoms with van der Waals surface area (Å²) in [6.45, 7) is 1.57. The van der Waals surface area contributed by atoms with Gasteiger partial charge in [-0.15, -0.1) is 0 Å². The van der Waals surface area contributed by atoms with E-state index in [4.69, 9.17) is 0 Å². The van der Waals surface area contributed by atoms with Crippen LogP contribution in [0.15, 0.2) is 18.2 Å². The zero-order valence-corrected chi connectivity index (χ0v) is 17.4. The van der Waals surface area contributed by atoms with Crippen molar-refractivity contribution in [2.75, 3.05) is 0 Å². The number of hydrogen-bond donors (Lipinski definition) is 3. The molecule has 0 amide bonds. The first-order valence-electron chi connectivity index (χ1n) is 10.7. The van der Waals surface area contributed by atoms with Crippen molar-refractivity contribution >= 4 is 11.6 Å². The smallest absolute Gasteiger partial charge is 0.191 e. The second-order valence-corrected chi connectivity index (χ2v) is 8.47. The highest BCUT2D eigenvalue weighted by molar-refractivity contribution is 5.99. The lowest BCUT2D eigenvalue weighted by Gasteiger charge is -2.24. The molecule has 0 spiro atoms. The predicted octanol–water partition coefficient (Wildman–Crippen LogP) is 3.58. The minimum Gasteiger partial charge on any atom is -0.393 e. The van der Waals surface area contributed by atoms with Gasteiger partial charge in [-0.05, 0) is 63.0 Å². The van der Waals surface area contributed by atoms with Crippen molar-refractivity contribution in [3.8, 4) is 0 Å². The molecule has 1 aromatic rings. The van der Waals surface area contributed by atoms with Crippen molar-refractivity contribution in [1.82, 2.24) is 0 Å². The second-order valence-electron chi connectivity index (χ2n) is 8.47. The fourth-order valence-corrected chi connectivity index (χ4v) is 4.46. The molecule has 0 heterocycles. The number of hydrogen-bond acceptors (Lipinski definition) is 5. The van der Waals surface area contributed by atoms with Crippen molar-refractivity contribution in [3.63, 3.8) is 0 Å². The molecule has 1 saturated carbocycles. The molecule has 7 heteroatoms. The van der Waals surface area contributed by atoms with Crippen LogP contribution in [0.3, 0.4) is 0 Å². The Balaban J connectivity index is 1.85. The maximum Gasteiger partial charge on any atom is 0.191 e. The molecule has 0 aliphatic heterocycles. The maximum absolute atomic E-state index is 13.3. The minimum atomic E-state index is -1.43. The summed E-state index contributed by atoms with van der Waals surface area (Å²) in [5.74, 6) is -2.72. The van der Waals surface area contributed by atoms with Gasteiger partial charge in [-0.3, -0.25) is 4.79 Å². The highest BCUT2D eigenvalue weighted by Gasteiger charge is 2.41. The van der Waals surface area contributed by atoms with E-state index in [1.807, 2.05) is 0 Å². The zero-order chi connectivity index (χ0) is 22.3. The van der Waals surface area contributed by atoms with Gasteiger partial charge in [-0.2, -0.15) is 0 Å². The Morgan fingerprint density at radius 3 is 2.13 bits per heavy atom. The third-order valence-corrected chi connectivity index (χ3v) is 6.06. The van der Waals surface area contributed by atoms with E-state index in [1.165, 1.54) is 0 Å². The molecule has 1 aliphatic rings. The van der Waals surface area contributed by atoms with Crippen molar-refractivity contribution < 1.29 is 33.7 Å². The third-order valence-electron chi connectivity index (χ3n) is 6.06. The summed E-state index contributed by atoms with van der Waals surface area (Å²) in [4.78, 5) is 23.2. The van der Waals surface area contributed by atoms with E-state index >= 15 is 0 Å². The van der Waals surface area contributed by atoms with Crippen LogP contribution in [0.5, 0.6) is 0 Å². The number of aliphatic hydroxyl groups is 3. The van der Waals surface area contributed by atoms with E-state index in [-0.39, 0.29) is 36.0 Å². The molecule has 5 atom stereocenters. The molecular weight excluding hydrogens is 394 g/mol. The first-order valence-corrected chi connectivity index (χ1v) is 10.7. The standard InChI is InChI=1S/C23H32F2O5/c1-14(26)6-4-2-3-5-7-18-19(22(29)13-21(18)28)8-9-20(27)23(30)15-10-16(24)12-17(25)11-15/h10-12,18-22,27-29H,2-9,13H2,1H3/t18-,19-,20?,21+,22-/m1/s1. The van der Waals surface area contributed by atoms with Crippen molar-refractivity contribution in [2.24, 2.45) is 11.8 Å². The van der Waals surface area contributed by atoms with E-state index in [0.29, 0.717) is 18.9 Å². The van der Waals surface area contributed by atoms with Crippen molar-refractivity contribution in [1.29, 1.82) is 0 Å². The molecular formula is C23H32F2O5. The van der Waals surface area contributed by atoms with Gasteiger partial charge in [0.25, 0.3) is 0 Å². The van der Waals surface area contributed by atoms with Gasteiger partial charge >= 0.3 is 0 Å². The Morgan fingerprint density at radius 1 is 0.967 bits per heavy atom. The van der Waals surface area contributed by atoms with E-state index in [1.54, 1.807) is 6.92 Å². The Bertz CT molecular complexity index is 703. The average Bonchev–Trinajstić information content (AvgIpc) is 2.93. The van der Waals surface area contributed by atoms with Crippen LogP contribution in [-0.2, 0) is 4.79 Å². The first kappa shape index (κ1) is 24.6. The van der Waals surface area contributed by atoms with Crippen LogP contribution in [0.25, 0.3) is 0 Å². The Morgan fingerprint density at radius 2 is 1.53 bits per heavy atom. The largest absolute Gasteiger partial charge is 0.393 e. The summed E-state index contributed by atoms with van der Waals surface area (Å²) in [6.07, 6.45) is 2.76. The summed E-state index contributed by atoms with van der Waals surface area (Å²) >= 11 is 0. The maximum atomic E-state index is 13.3. The monoisotopic (exact) mass is 426 g/mol. The minimum absolute atomic E-state index is 0.0422. The molecule has 0 saturated heterocycles. The Hall–Kier alpha value is -1.70. The van der Waals surface area contributed by atoms with Gasteiger partial charge in [-0.1, -0.05) is 19.3 Å². The first-order chi connectivity index (χ1) is 14.2. The summed E-state index contributed by atoms with van der Waals surface area (Å²) in [5.41, 5.74) is -0.228. The summed E-state index contributed by atoms with van der Waals surface area (Å²) in [5, 5.41) is 30.8. The zero-order valence-electron chi connectivity index (χ0n) is 17.4. The van der Waals surface area contributed by atoms with Gasteiger partial charge < -0.3 is 20.1 Å². The number of halogens is 2. The van der Waals surface area contributed by atoms with Crippen molar-refractivity contribution in [2.45, 2.75) is 83.0 Å². The van der Waals surface area contributed by atoms with Crippen molar-refractivity contribution in [3.05, 3.63) is 35.4 Å². The third kappa shape index (κ3) is 7.22. The number of carbonyl (C=O) groups excluding carboxylic acids is 2. The van der Waals surface area contributed by atoms with Crippen LogP contribution in [0.1, 0.15) is 75.1 Å². The Kier molecular flexibility index (Phi) is 9.52. The molecule has 30 heavy (non-hydrogen) atoms. The van der Waals surface area contributed by atoms with Gasteiger partial charge in [0, 0.05) is 18.1 Å². The number of unbranched alkanes of at least 4 members (excludes halogenated alkanes) is 3. The van der Waals surface area contributed by atoms with Gasteiger partial charge in [0.05, 0.1) is 12.2 Å². The highest BCUT2D eigenvalue weighted by Crippen LogP contribution is 2.39. The van der Waals surface area contributed by atoms with E-state index < -0.39 is 35.7 Å². The SMILES string of the molecule is CC(=O)CCCCCC[C@@H]1[C@@H](CCC(O)C(=O)c2cc(F)cc(F)c2)[C@H](O)C[C@@H]1O. The lowest BCUT2D eigenvalue weighted by atomic mass is 9.84. The van der Waals surface area contributed by atoms with Gasteiger partial charge in [0.2, 0.25) is 0 Å². The molecule has 0 bridgehead atoms. The molecule has 1 unspecified atom stereocenters. The van der Waals surface area contributed by atoms with Gasteiger partial charge in [0.1, 0.15) is 23.5 Å². The molecule has 0 aromatic heterocycles. The lowest BCUT2D eigenvalue weighted by molar-refractivity contribution is -0.117. The van der Waals surface area contributed by atoms with E-state index in [0.717, 1.165) is 44.2 Å². The highest BCUT2D eigenvalue weighted by atomic mass is 19.1. The summed E-state index contributed by atoms with van der Waals surface area (Å²) in [6, 6.07) is 2.43. The number of aliphatic hydroxyl groups excluding tert-OH is 3. The molecule has 1 aliphatic carbocycles. The number of rotatable bonds is 12. The number of benzene rings is 1. The van der Waals surface area contributed by atoms with E-state index in [9.17, 15) is 33.7 Å². The molecule has 5 nitrogen and oxygen atoms in total. The average molecular weight is 427 g/mol. The molecule has 168 valence electrons. The van der Waals surface area contributed by atoms with Crippen LogP contribution in [-0.4, -0.2) is 45.2 Å². The fraction of sp³-hybridized carbons (Fsp3) is 0.652. The summed E-state index contributed by atoms with van der Waals surface area (Å²) < 4.78 is 26.6. The lowest BCUT2D eigenvalue weighted by Crippen LogP contribution is -2.26. The molecule has 0 radical (unpaired) electrons. The van der Waals surface area contributed by atoms with Crippen LogP contribution in [0.2, 0.25) is 0 Å². The summed E-state index contributed by atoms with van der Waals surface area (Å²) in [7, 11) is 0. The number of ketones is 2. The fourth-order valence-electron chi connectivity index (χ4n) is 4.46. The molecule has 1 fully saturated rings. The molecule has 1 aromatic carbocycles. The normalized spacial score (nSPS) is 24.7. The van der Waals surface area contributed by atoms with Crippen LogP contribution in [0, 0.1) is 23.5 Å². The van der Waals surface area contributed by atoms with Gasteiger partial charge in [0.15, 0.2) is 5.78 Å². The molecule has 3 N–H and O–H groups in total. The van der Waals surface area contributed by atoms with Crippen LogP contribution >= 0.6 is 0 Å².